The van der Waals surface area contributed by atoms with Gasteiger partial charge in [-0.1, -0.05) is 78.1 Å². The predicted molar refractivity (Wildman–Crippen MR) is 181 cm³/mol. The third-order valence-corrected chi connectivity index (χ3v) is 9.40. The molecule has 0 spiro atoms. The minimum absolute atomic E-state index is 0.256. The Morgan fingerprint density at radius 1 is 0.894 bits per heavy atom. The molecule has 2 aliphatic heterocycles. The number of para-hydroxylation sites is 2. The first-order chi connectivity index (χ1) is 22.9. The molecule has 47 heavy (non-hydrogen) atoms. The number of anilines is 2. The number of carbonyl (C=O) groups is 2. The third kappa shape index (κ3) is 5.22. The minimum atomic E-state index is -0.905. The summed E-state index contributed by atoms with van der Waals surface area (Å²) in [5.41, 5.74) is 4.17. The number of allylic oxidation sites excluding steroid dienone is 1. The number of ether oxygens (including phenoxy) is 2. The quantitative estimate of drug-likeness (QED) is 0.275. The molecular weight excluding hydrogens is 612 g/mol. The monoisotopic (exact) mass is 642 g/mol. The van der Waals surface area contributed by atoms with Gasteiger partial charge < -0.3 is 19.7 Å². The van der Waals surface area contributed by atoms with Gasteiger partial charge in [0.1, 0.15) is 22.1 Å². The van der Waals surface area contributed by atoms with Crippen molar-refractivity contribution >= 4 is 40.1 Å². The van der Waals surface area contributed by atoms with Crippen LogP contribution in [-0.4, -0.2) is 30.6 Å². The topological polar surface area (TPSA) is 102 Å². The Morgan fingerprint density at radius 2 is 1.60 bits per heavy atom. The van der Waals surface area contributed by atoms with Gasteiger partial charge in [-0.05, 0) is 42.8 Å². The molecule has 2 amide bonds. The van der Waals surface area contributed by atoms with Gasteiger partial charge >= 0.3 is 0 Å². The van der Waals surface area contributed by atoms with Crippen LogP contribution in [0, 0.1) is 0 Å². The number of hydrogen-bond acceptors (Lipinski definition) is 7. The summed E-state index contributed by atoms with van der Waals surface area (Å²) < 4.78 is 13.0. The number of benzene rings is 4. The van der Waals surface area contributed by atoms with Gasteiger partial charge in [0.2, 0.25) is 0 Å². The first-order valence-electron chi connectivity index (χ1n) is 15.0. The molecule has 7 rings (SSSR count). The number of carbonyl (C=O) groups excluding carboxylic acids is 2. The van der Waals surface area contributed by atoms with Crippen molar-refractivity contribution in [1.29, 1.82) is 0 Å². The lowest BCUT2D eigenvalue weighted by molar-refractivity contribution is -0.114. The van der Waals surface area contributed by atoms with Gasteiger partial charge in [-0.2, -0.15) is 0 Å². The maximum atomic E-state index is 14.7. The summed E-state index contributed by atoms with van der Waals surface area (Å²) in [6, 6.07) is 30.7. The highest BCUT2D eigenvalue weighted by Gasteiger charge is 2.38. The van der Waals surface area contributed by atoms with Crippen LogP contribution in [0.2, 0.25) is 0 Å². The molecule has 0 unspecified atom stereocenters. The standard InChI is InChI=1S/C37H30N4O5S/c1-22-30(34(42)39-24-14-8-5-9-15-24)32(27-19-18-25(45-2)20-29(27)46-3)41-36(44)33(47-37(41)38-22)31-26-16-10-11-17-28(26)40(35(31)43)21-23-12-6-4-7-13-23/h4-20,32H,21H2,1-3H3,(H,39,42)/b33-31-/t32-/m1/s1. The number of fused-ring (bicyclic) bond motifs is 2. The van der Waals surface area contributed by atoms with Crippen molar-refractivity contribution in [3.8, 4) is 11.5 Å². The zero-order valence-electron chi connectivity index (χ0n) is 25.9. The average molecular weight is 643 g/mol. The lowest BCUT2D eigenvalue weighted by Gasteiger charge is -2.26. The number of aromatic nitrogens is 1. The molecule has 2 aliphatic rings. The maximum absolute atomic E-state index is 14.7. The zero-order valence-corrected chi connectivity index (χ0v) is 26.7. The Kier molecular flexibility index (Phi) is 7.79. The average Bonchev–Trinajstić information content (AvgIpc) is 3.56. The second kappa shape index (κ2) is 12.2. The molecule has 0 aliphatic carbocycles. The second-order valence-electron chi connectivity index (χ2n) is 11.1. The molecule has 10 heteroatoms. The van der Waals surface area contributed by atoms with E-state index in [1.807, 2.05) is 72.8 Å². The van der Waals surface area contributed by atoms with Crippen LogP contribution in [0.1, 0.15) is 29.7 Å². The van der Waals surface area contributed by atoms with Crippen LogP contribution in [0.3, 0.4) is 0 Å². The maximum Gasteiger partial charge on any atom is 0.271 e. The number of nitrogens with zero attached hydrogens (tertiary/aromatic N) is 3. The fraction of sp³-hybridized carbons (Fsp3) is 0.135. The van der Waals surface area contributed by atoms with Crippen LogP contribution in [-0.2, 0) is 16.1 Å². The van der Waals surface area contributed by atoms with E-state index in [4.69, 9.17) is 14.5 Å². The summed E-state index contributed by atoms with van der Waals surface area (Å²) in [7, 11) is 3.08. The van der Waals surface area contributed by atoms with Gasteiger partial charge in [0.25, 0.3) is 17.4 Å². The van der Waals surface area contributed by atoms with Crippen molar-refractivity contribution in [3.63, 3.8) is 0 Å². The lowest BCUT2D eigenvalue weighted by atomic mass is 9.94. The number of rotatable bonds is 7. The van der Waals surface area contributed by atoms with Crippen LogP contribution < -0.4 is 34.6 Å². The first kappa shape index (κ1) is 29.9. The lowest BCUT2D eigenvalue weighted by Crippen LogP contribution is -2.41. The molecule has 4 aromatic carbocycles. The highest BCUT2D eigenvalue weighted by molar-refractivity contribution is 7.07. The summed E-state index contributed by atoms with van der Waals surface area (Å²) in [5.74, 6) is 0.317. The van der Waals surface area contributed by atoms with Gasteiger partial charge in [0, 0.05) is 22.9 Å². The van der Waals surface area contributed by atoms with Crippen LogP contribution in [0.15, 0.2) is 124 Å². The van der Waals surface area contributed by atoms with E-state index < -0.39 is 17.5 Å². The van der Waals surface area contributed by atoms with E-state index in [1.165, 1.54) is 11.7 Å². The summed E-state index contributed by atoms with van der Waals surface area (Å²) in [5, 5.41) is 2.96. The Morgan fingerprint density at radius 3 is 2.32 bits per heavy atom. The molecule has 3 heterocycles. The van der Waals surface area contributed by atoms with Gasteiger partial charge in [-0.3, -0.25) is 19.0 Å². The van der Waals surface area contributed by atoms with Crippen LogP contribution >= 0.6 is 11.3 Å². The molecule has 0 radical (unpaired) electrons. The smallest absolute Gasteiger partial charge is 0.271 e. The fourth-order valence-electron chi connectivity index (χ4n) is 6.14. The van der Waals surface area contributed by atoms with E-state index >= 15 is 0 Å². The molecule has 1 N–H and O–H groups in total. The van der Waals surface area contributed by atoms with Crippen LogP contribution in [0.5, 0.6) is 11.5 Å². The van der Waals surface area contributed by atoms with Crippen molar-refractivity contribution in [3.05, 3.63) is 151 Å². The van der Waals surface area contributed by atoms with Crippen LogP contribution in [0.25, 0.3) is 5.57 Å². The number of methoxy groups -OCH3 is 2. The zero-order chi connectivity index (χ0) is 32.7. The second-order valence-corrected chi connectivity index (χ2v) is 12.1. The molecule has 234 valence electrons. The number of hydrogen-bond donors (Lipinski definition) is 1. The van der Waals surface area contributed by atoms with Crippen molar-refractivity contribution < 1.29 is 19.1 Å². The SMILES string of the molecule is COc1ccc([C@@H]2C(C(=O)Nc3ccccc3)=C(C)N=c3s/c(=C4\C(=O)N(Cc5ccccc5)c5ccccc54)c(=O)n32)c(OC)c1. The summed E-state index contributed by atoms with van der Waals surface area (Å²) in [6.45, 7) is 2.11. The van der Waals surface area contributed by atoms with E-state index in [9.17, 15) is 14.4 Å². The Hall–Kier alpha value is -5.74. The van der Waals surface area contributed by atoms with E-state index in [0.29, 0.717) is 50.9 Å². The summed E-state index contributed by atoms with van der Waals surface area (Å²) in [6.07, 6.45) is 0. The Labute approximate surface area is 274 Å². The number of thiazole rings is 1. The van der Waals surface area contributed by atoms with E-state index in [-0.39, 0.29) is 16.0 Å². The highest BCUT2D eigenvalue weighted by atomic mass is 32.1. The molecule has 5 aromatic rings. The van der Waals surface area contributed by atoms with Gasteiger partial charge in [-0.25, -0.2) is 4.99 Å². The number of amides is 2. The van der Waals surface area contributed by atoms with Crippen LogP contribution in [0.4, 0.5) is 11.4 Å². The molecule has 0 saturated heterocycles. The van der Waals surface area contributed by atoms with Gasteiger partial charge in [0.05, 0.1) is 43.3 Å². The van der Waals surface area contributed by atoms with Crippen molar-refractivity contribution in [2.24, 2.45) is 4.99 Å². The molecule has 0 bridgehead atoms. The summed E-state index contributed by atoms with van der Waals surface area (Å²) in [4.78, 5) is 49.7. The Balaban J connectivity index is 1.44. The molecule has 0 saturated carbocycles. The largest absolute Gasteiger partial charge is 0.497 e. The van der Waals surface area contributed by atoms with E-state index in [0.717, 1.165) is 22.6 Å². The Bertz CT molecular complexity index is 2260. The molecule has 0 fully saturated rings. The van der Waals surface area contributed by atoms with Crippen molar-refractivity contribution in [1.82, 2.24) is 4.57 Å². The minimum Gasteiger partial charge on any atom is -0.497 e. The van der Waals surface area contributed by atoms with Gasteiger partial charge in [0.15, 0.2) is 4.80 Å². The van der Waals surface area contributed by atoms with Crippen molar-refractivity contribution in [2.45, 2.75) is 19.5 Å². The van der Waals surface area contributed by atoms with E-state index in [2.05, 4.69) is 5.32 Å². The molecule has 1 aromatic heterocycles. The first-order valence-corrected chi connectivity index (χ1v) is 15.8. The highest BCUT2D eigenvalue weighted by Crippen LogP contribution is 2.39. The molecule has 9 nitrogen and oxygen atoms in total. The summed E-state index contributed by atoms with van der Waals surface area (Å²) >= 11 is 1.14. The van der Waals surface area contributed by atoms with Gasteiger partial charge in [-0.15, -0.1) is 0 Å². The molecule has 1 atom stereocenters. The normalized spacial score (nSPS) is 16.4. The fourth-order valence-corrected chi connectivity index (χ4v) is 7.28. The third-order valence-electron chi connectivity index (χ3n) is 8.34. The molecular formula is C37H30N4O5S. The van der Waals surface area contributed by atoms with E-state index in [1.54, 1.807) is 49.3 Å². The number of nitrogens with one attached hydrogen (secondary N) is 1. The van der Waals surface area contributed by atoms with Crippen molar-refractivity contribution in [2.75, 3.05) is 24.4 Å². The predicted octanol–water partition coefficient (Wildman–Crippen LogP) is 4.81.